The molecule has 4 rings (SSSR count). The summed E-state index contributed by atoms with van der Waals surface area (Å²) in [6, 6.07) is 6.23. The second kappa shape index (κ2) is 9.97. The largest absolute Gasteiger partial charge is 0.475 e. The average Bonchev–Trinajstić information content (AvgIpc) is 2.82. The van der Waals surface area contributed by atoms with Crippen LogP contribution in [-0.4, -0.2) is 45.0 Å². The number of carbonyl (C=O) groups excluding carboxylic acids is 1. The fourth-order valence-corrected chi connectivity index (χ4v) is 4.28. The van der Waals surface area contributed by atoms with Crippen molar-refractivity contribution in [3.8, 4) is 17.3 Å². The van der Waals surface area contributed by atoms with Crippen molar-refractivity contribution < 1.29 is 27.1 Å². The standard InChI is InChI=1S/C25H24F4N4O2/c1-15-11-18(22(19(26)12-15)23-30-8-4-9-31-23)24(34)33-10-3-5-16(2)20(33)14-35-21-7-6-17(13-32-21)25(27,28)29/h4,6-9,11-13,16,20H,3,5,10,14H2,1-2H3. The number of aryl methyl sites for hydroxylation is 1. The number of hydrogen-bond acceptors (Lipinski definition) is 5. The number of alkyl halides is 3. The Morgan fingerprint density at radius 3 is 2.57 bits per heavy atom. The molecule has 0 spiro atoms. The number of nitrogens with zero attached hydrogens (tertiary/aromatic N) is 4. The van der Waals surface area contributed by atoms with Crippen LogP contribution in [0.4, 0.5) is 17.6 Å². The fraction of sp³-hybridized carbons (Fsp3) is 0.360. The maximum Gasteiger partial charge on any atom is 0.417 e. The van der Waals surface area contributed by atoms with E-state index in [1.807, 2.05) is 6.92 Å². The Balaban J connectivity index is 1.60. The molecule has 6 nitrogen and oxygen atoms in total. The zero-order chi connectivity index (χ0) is 25.2. The molecule has 1 saturated heterocycles. The van der Waals surface area contributed by atoms with Crippen LogP contribution in [0.5, 0.6) is 5.88 Å². The molecule has 184 valence electrons. The van der Waals surface area contributed by atoms with E-state index in [1.54, 1.807) is 24.0 Å². The third-order valence-corrected chi connectivity index (χ3v) is 6.10. The van der Waals surface area contributed by atoms with Crippen LogP contribution in [0.3, 0.4) is 0 Å². The molecular weight excluding hydrogens is 464 g/mol. The number of pyridine rings is 1. The summed E-state index contributed by atoms with van der Waals surface area (Å²) in [6.45, 7) is 4.15. The number of rotatable bonds is 5. The van der Waals surface area contributed by atoms with Gasteiger partial charge in [0.25, 0.3) is 5.91 Å². The van der Waals surface area contributed by atoms with Gasteiger partial charge in [-0.15, -0.1) is 0 Å². The fourth-order valence-electron chi connectivity index (χ4n) is 4.28. The topological polar surface area (TPSA) is 68.2 Å². The first-order valence-electron chi connectivity index (χ1n) is 11.2. The molecule has 1 amide bonds. The highest BCUT2D eigenvalue weighted by Gasteiger charge is 2.35. The molecule has 2 atom stereocenters. The minimum atomic E-state index is -4.49. The normalized spacial score (nSPS) is 18.4. The molecule has 0 bridgehead atoms. The van der Waals surface area contributed by atoms with Crippen molar-refractivity contribution in [2.45, 2.75) is 38.9 Å². The van der Waals surface area contributed by atoms with E-state index in [0.717, 1.165) is 25.0 Å². The third kappa shape index (κ3) is 5.41. The van der Waals surface area contributed by atoms with Gasteiger partial charge in [0.05, 0.1) is 22.7 Å². The minimum absolute atomic E-state index is 0.0307. The number of hydrogen-bond donors (Lipinski definition) is 0. The molecule has 0 N–H and O–H groups in total. The van der Waals surface area contributed by atoms with Gasteiger partial charge in [-0.2, -0.15) is 13.2 Å². The van der Waals surface area contributed by atoms with Gasteiger partial charge >= 0.3 is 6.18 Å². The van der Waals surface area contributed by atoms with Gasteiger partial charge in [0, 0.05) is 31.2 Å². The summed E-state index contributed by atoms with van der Waals surface area (Å²) in [5.41, 5.74) is -0.105. The van der Waals surface area contributed by atoms with Gasteiger partial charge in [0.1, 0.15) is 12.4 Å². The molecule has 0 aliphatic carbocycles. The van der Waals surface area contributed by atoms with Crippen LogP contribution in [0.1, 0.15) is 41.3 Å². The summed E-state index contributed by atoms with van der Waals surface area (Å²) in [7, 11) is 0. The predicted molar refractivity (Wildman–Crippen MR) is 120 cm³/mol. The number of halogens is 4. The van der Waals surface area contributed by atoms with E-state index >= 15 is 4.39 Å². The van der Waals surface area contributed by atoms with Gasteiger partial charge in [0.15, 0.2) is 5.82 Å². The number of piperidine rings is 1. The molecular formula is C25H24F4N4O2. The highest BCUT2D eigenvalue weighted by molar-refractivity contribution is 6.00. The zero-order valence-electron chi connectivity index (χ0n) is 19.2. The number of carbonyl (C=O) groups is 1. The second-order valence-electron chi connectivity index (χ2n) is 8.62. The van der Waals surface area contributed by atoms with E-state index in [-0.39, 0.29) is 47.3 Å². The molecule has 2 aromatic heterocycles. The van der Waals surface area contributed by atoms with Crippen molar-refractivity contribution in [1.29, 1.82) is 0 Å². The summed E-state index contributed by atoms with van der Waals surface area (Å²) < 4.78 is 59.1. The Morgan fingerprint density at radius 2 is 1.91 bits per heavy atom. The molecule has 0 saturated carbocycles. The molecule has 3 heterocycles. The Labute approximate surface area is 200 Å². The monoisotopic (exact) mass is 488 g/mol. The van der Waals surface area contributed by atoms with Crippen molar-refractivity contribution in [1.82, 2.24) is 19.9 Å². The van der Waals surface area contributed by atoms with E-state index in [2.05, 4.69) is 15.0 Å². The SMILES string of the molecule is Cc1cc(F)c(-c2ncccn2)c(C(=O)N2CCCC(C)C2COc2ccc(C(F)(F)F)cn2)c1. The van der Waals surface area contributed by atoms with Gasteiger partial charge in [-0.3, -0.25) is 4.79 Å². The lowest BCUT2D eigenvalue weighted by Gasteiger charge is -2.40. The smallest absolute Gasteiger partial charge is 0.417 e. The van der Waals surface area contributed by atoms with E-state index in [1.165, 1.54) is 18.5 Å². The van der Waals surface area contributed by atoms with Crippen LogP contribution in [0, 0.1) is 18.7 Å². The van der Waals surface area contributed by atoms with Gasteiger partial charge in [-0.05, 0) is 55.5 Å². The van der Waals surface area contributed by atoms with Crippen molar-refractivity contribution >= 4 is 5.91 Å². The number of likely N-dealkylation sites (tertiary alicyclic amines) is 1. The van der Waals surface area contributed by atoms with E-state index in [0.29, 0.717) is 18.3 Å². The lowest BCUT2D eigenvalue weighted by atomic mass is 9.90. The van der Waals surface area contributed by atoms with Crippen molar-refractivity contribution in [3.05, 3.63) is 71.4 Å². The Kier molecular flexibility index (Phi) is 7.00. The van der Waals surface area contributed by atoms with Crippen molar-refractivity contribution in [2.75, 3.05) is 13.2 Å². The lowest BCUT2D eigenvalue weighted by molar-refractivity contribution is -0.137. The summed E-state index contributed by atoms with van der Waals surface area (Å²) in [6.07, 6.45) is 0.779. The molecule has 1 fully saturated rings. The van der Waals surface area contributed by atoms with E-state index in [9.17, 15) is 18.0 Å². The zero-order valence-corrected chi connectivity index (χ0v) is 19.2. The van der Waals surface area contributed by atoms with Crippen LogP contribution in [-0.2, 0) is 6.18 Å². The Bertz CT molecular complexity index is 1190. The molecule has 1 aliphatic heterocycles. The summed E-state index contributed by atoms with van der Waals surface area (Å²) in [5, 5.41) is 0. The van der Waals surface area contributed by atoms with Crippen LogP contribution < -0.4 is 4.74 Å². The highest BCUT2D eigenvalue weighted by Crippen LogP contribution is 2.32. The maximum atomic E-state index is 15.0. The second-order valence-corrected chi connectivity index (χ2v) is 8.62. The van der Waals surface area contributed by atoms with Gasteiger partial charge < -0.3 is 9.64 Å². The van der Waals surface area contributed by atoms with Crippen LogP contribution in [0.15, 0.2) is 48.9 Å². The number of aromatic nitrogens is 3. The van der Waals surface area contributed by atoms with Crippen LogP contribution >= 0.6 is 0 Å². The Morgan fingerprint density at radius 1 is 1.17 bits per heavy atom. The summed E-state index contributed by atoms with van der Waals surface area (Å²) in [4.78, 5) is 27.4. The van der Waals surface area contributed by atoms with Gasteiger partial charge in [-0.25, -0.2) is 19.3 Å². The Hall–Kier alpha value is -3.56. The maximum absolute atomic E-state index is 15.0. The first kappa shape index (κ1) is 24.6. The molecule has 3 aromatic rings. The minimum Gasteiger partial charge on any atom is -0.475 e. The average molecular weight is 488 g/mol. The van der Waals surface area contributed by atoms with Gasteiger partial charge in [0.2, 0.25) is 5.88 Å². The van der Waals surface area contributed by atoms with Crippen molar-refractivity contribution in [3.63, 3.8) is 0 Å². The lowest BCUT2D eigenvalue weighted by Crippen LogP contribution is -2.50. The number of amides is 1. The molecule has 10 heteroatoms. The highest BCUT2D eigenvalue weighted by atomic mass is 19.4. The number of ether oxygens (including phenoxy) is 1. The molecule has 2 unspecified atom stereocenters. The first-order valence-corrected chi connectivity index (χ1v) is 11.2. The van der Waals surface area contributed by atoms with Crippen molar-refractivity contribution in [2.24, 2.45) is 5.92 Å². The summed E-state index contributed by atoms with van der Waals surface area (Å²) >= 11 is 0. The van der Waals surface area contributed by atoms with E-state index < -0.39 is 17.6 Å². The van der Waals surface area contributed by atoms with E-state index in [4.69, 9.17) is 4.74 Å². The first-order chi connectivity index (χ1) is 16.6. The number of benzene rings is 1. The predicted octanol–water partition coefficient (Wildman–Crippen LogP) is 5.32. The third-order valence-electron chi connectivity index (χ3n) is 6.10. The van der Waals surface area contributed by atoms with Crippen LogP contribution in [0.2, 0.25) is 0 Å². The van der Waals surface area contributed by atoms with Crippen LogP contribution in [0.25, 0.3) is 11.4 Å². The molecule has 1 aromatic carbocycles. The molecule has 0 radical (unpaired) electrons. The molecule has 35 heavy (non-hydrogen) atoms. The molecule has 1 aliphatic rings. The van der Waals surface area contributed by atoms with Gasteiger partial charge in [-0.1, -0.05) is 6.92 Å². The summed E-state index contributed by atoms with van der Waals surface area (Å²) in [5.74, 6) is -0.779. The quantitative estimate of drug-likeness (QED) is 0.455.